The molecule has 0 bridgehead atoms. The third-order valence-electron chi connectivity index (χ3n) is 22.1. The Morgan fingerprint density at radius 3 is 0.912 bits per heavy atom. The maximum Gasteiger partial charge on any atom is 0.0529 e. The van der Waals surface area contributed by atoms with E-state index in [0.29, 0.717) is 0 Å². The van der Waals surface area contributed by atoms with Crippen LogP contribution in [-0.4, -0.2) is 9.13 Å². The minimum Gasteiger partial charge on any atom is -0.317 e. The van der Waals surface area contributed by atoms with Gasteiger partial charge in [0.1, 0.15) is 0 Å². The molecular formula is C106H72N6S2. The average Bonchev–Trinajstić information content (AvgIpc) is 1.56. The number of rotatable bonds is 15. The van der Waals surface area contributed by atoms with Crippen LogP contribution in [-0.2, 0) is 0 Å². The zero-order valence-corrected chi connectivity index (χ0v) is 63.7. The first-order chi connectivity index (χ1) is 56.5. The van der Waals surface area contributed by atoms with Crippen LogP contribution in [0.5, 0.6) is 0 Å². The highest BCUT2D eigenvalue weighted by Crippen LogP contribution is 2.48. The number of fused-ring (bicyclic) bond motifs is 11. The summed E-state index contributed by atoms with van der Waals surface area (Å²) in [5.74, 6) is 0. The molecule has 0 spiro atoms. The number of hydrogen-bond donors (Lipinski definition) is 0. The van der Waals surface area contributed by atoms with E-state index in [2.05, 4.69) is 466 Å². The van der Waals surface area contributed by atoms with Gasteiger partial charge in [-0.25, -0.2) is 0 Å². The van der Waals surface area contributed by atoms with Crippen LogP contribution in [0.15, 0.2) is 437 Å². The van der Waals surface area contributed by atoms with E-state index >= 15 is 0 Å². The summed E-state index contributed by atoms with van der Waals surface area (Å²) in [4.78, 5) is 9.45. The van der Waals surface area contributed by atoms with Crippen LogP contribution in [0.4, 0.5) is 68.2 Å². The van der Waals surface area contributed by atoms with Crippen LogP contribution in [0.1, 0.15) is 0 Å². The Kier molecular flexibility index (Phi) is 17.2. The third-order valence-corrected chi connectivity index (χ3v) is 24.3. The summed E-state index contributed by atoms with van der Waals surface area (Å²) < 4.78 is 9.60. The fraction of sp³-hybridized carbons (Fsp3) is 0. The molecule has 0 unspecified atom stereocenters. The number of aromatic nitrogens is 2. The lowest BCUT2D eigenvalue weighted by atomic mass is 9.99. The molecule has 4 aromatic heterocycles. The fourth-order valence-corrected chi connectivity index (χ4v) is 18.9. The highest BCUT2D eigenvalue weighted by atomic mass is 32.1. The Bertz CT molecular complexity index is 7320. The second-order valence-corrected chi connectivity index (χ2v) is 31.1. The van der Waals surface area contributed by atoms with Crippen LogP contribution in [0.25, 0.3) is 117 Å². The third kappa shape index (κ3) is 12.7. The summed E-state index contributed by atoms with van der Waals surface area (Å²) in [5.41, 5.74) is 20.7. The molecule has 8 heteroatoms. The number of benzene rings is 18. The minimum atomic E-state index is 1.12. The first kappa shape index (κ1) is 67.6. The van der Waals surface area contributed by atoms with E-state index in [-0.39, 0.29) is 0 Å². The van der Waals surface area contributed by atoms with Crippen molar-refractivity contribution in [3.8, 4) is 22.5 Å². The number of hydrogen-bond acceptors (Lipinski definition) is 6. The van der Waals surface area contributed by atoms with Crippen molar-refractivity contribution >= 4 is 185 Å². The van der Waals surface area contributed by atoms with E-state index in [1.54, 1.807) is 0 Å². The van der Waals surface area contributed by atoms with Crippen molar-refractivity contribution < 1.29 is 0 Å². The highest BCUT2D eigenvalue weighted by molar-refractivity contribution is 7.26. The van der Waals surface area contributed by atoms with E-state index in [1.165, 1.54) is 106 Å². The molecule has 4 heterocycles. The molecule has 22 aromatic rings. The van der Waals surface area contributed by atoms with E-state index in [1.807, 2.05) is 22.7 Å². The standard InChI is InChI=1S/C54H36N2S.C52H36N4S/c1-3-15-45(16-4-1)55(47-25-21-37-11-7-9-13-39(37)32-47)49-27-23-42-31-41(19-20-43(42)34-49)44-24-29-51-52-30-28-50(36-54(52)57-53(51)35-44)56(46-17-5-2-6-18-46)48-26-22-38-12-8-10-14-40(38)33-48;1-5-13-39(14-6-1)53-31-29-37-33-43(22-26-49(37)53)55(41-17-9-3-10-18-41)45-24-28-51-48(35-45)47-25-21-46(36-52(47)57-51)56(42-19-11-4-12-20-42)44-23-27-50-38(34-44)30-32-54(50)40-15-7-2-8-16-40/h2*1-36H. The summed E-state index contributed by atoms with van der Waals surface area (Å²) in [5, 5.41) is 14.9. The van der Waals surface area contributed by atoms with Gasteiger partial charge < -0.3 is 28.7 Å². The molecule has 0 saturated heterocycles. The molecule has 0 saturated carbocycles. The molecule has 0 atom stereocenters. The second kappa shape index (κ2) is 29.0. The summed E-state index contributed by atoms with van der Waals surface area (Å²) in [7, 11) is 0. The van der Waals surface area contributed by atoms with E-state index in [0.717, 1.165) is 79.6 Å². The van der Waals surface area contributed by atoms with Crippen LogP contribution < -0.4 is 19.6 Å². The lowest BCUT2D eigenvalue weighted by Gasteiger charge is -2.26. The van der Waals surface area contributed by atoms with Gasteiger partial charge in [-0.3, -0.25) is 0 Å². The van der Waals surface area contributed by atoms with Gasteiger partial charge in [0.25, 0.3) is 0 Å². The molecule has 0 amide bonds. The van der Waals surface area contributed by atoms with E-state index in [9.17, 15) is 0 Å². The van der Waals surface area contributed by atoms with Gasteiger partial charge in [0.05, 0.1) is 11.0 Å². The fourth-order valence-electron chi connectivity index (χ4n) is 16.6. The van der Waals surface area contributed by atoms with Gasteiger partial charge in [0.15, 0.2) is 0 Å². The second-order valence-electron chi connectivity index (χ2n) is 29.0. The van der Waals surface area contributed by atoms with Crippen molar-refractivity contribution in [3.05, 3.63) is 437 Å². The van der Waals surface area contributed by atoms with Gasteiger partial charge in [-0.05, 0) is 256 Å². The number of nitrogens with zero attached hydrogens (tertiary/aromatic N) is 6. The number of para-hydroxylation sites is 6. The summed E-state index contributed by atoms with van der Waals surface area (Å²) in [6, 6.07) is 154. The Morgan fingerprint density at radius 1 is 0.167 bits per heavy atom. The van der Waals surface area contributed by atoms with Crippen molar-refractivity contribution in [1.29, 1.82) is 0 Å². The predicted molar refractivity (Wildman–Crippen MR) is 489 cm³/mol. The molecule has 22 rings (SSSR count). The molecule has 538 valence electrons. The summed E-state index contributed by atoms with van der Waals surface area (Å²) in [6.45, 7) is 0. The smallest absolute Gasteiger partial charge is 0.0529 e. The normalized spacial score (nSPS) is 11.5. The first-order valence-corrected chi connectivity index (χ1v) is 40.3. The van der Waals surface area contributed by atoms with Crippen LogP contribution in [0.3, 0.4) is 0 Å². The van der Waals surface area contributed by atoms with E-state index < -0.39 is 0 Å². The van der Waals surface area contributed by atoms with Crippen LogP contribution >= 0.6 is 22.7 Å². The van der Waals surface area contributed by atoms with Crippen LogP contribution in [0, 0.1) is 0 Å². The Morgan fingerprint density at radius 2 is 0.456 bits per heavy atom. The van der Waals surface area contributed by atoms with E-state index in [4.69, 9.17) is 0 Å². The SMILES string of the molecule is c1ccc(N(c2ccc3c(ccn3-c3ccccc3)c2)c2ccc3c(c2)sc2ccc(N(c4ccccc4)c4ccc5c(ccn5-c5ccccc5)c4)cc23)cc1.c1ccc(N(c2ccc3ccccc3c2)c2ccc3cc(-c4ccc5c(c4)sc4cc(N(c6ccccc6)c6ccc7ccccc7c6)ccc45)ccc3c2)cc1. The molecule has 0 N–H and O–H groups in total. The topological polar surface area (TPSA) is 22.8 Å². The van der Waals surface area contributed by atoms with Gasteiger partial charge in [-0.2, -0.15) is 0 Å². The molecule has 6 nitrogen and oxygen atoms in total. The van der Waals surface area contributed by atoms with Crippen molar-refractivity contribution in [2.45, 2.75) is 0 Å². The molecular weight excluding hydrogens is 1420 g/mol. The van der Waals surface area contributed by atoms with Crippen molar-refractivity contribution in [1.82, 2.24) is 9.13 Å². The molecule has 0 fully saturated rings. The maximum absolute atomic E-state index is 2.37. The van der Waals surface area contributed by atoms with Gasteiger partial charge in [-0.1, -0.05) is 212 Å². The minimum absolute atomic E-state index is 1.12. The van der Waals surface area contributed by atoms with Crippen molar-refractivity contribution in [2.24, 2.45) is 0 Å². The molecule has 0 aliphatic heterocycles. The summed E-state index contributed by atoms with van der Waals surface area (Å²) >= 11 is 3.72. The first-order valence-electron chi connectivity index (χ1n) is 38.7. The largest absolute Gasteiger partial charge is 0.317 e. The number of thiophene rings is 2. The zero-order chi connectivity index (χ0) is 75.4. The molecule has 114 heavy (non-hydrogen) atoms. The van der Waals surface area contributed by atoms with Gasteiger partial charge in [-0.15, -0.1) is 22.7 Å². The monoisotopic (exact) mass is 1490 g/mol. The zero-order valence-electron chi connectivity index (χ0n) is 62.1. The molecule has 18 aromatic carbocycles. The summed E-state index contributed by atoms with van der Waals surface area (Å²) in [6.07, 6.45) is 4.32. The number of anilines is 12. The lowest BCUT2D eigenvalue weighted by Crippen LogP contribution is -2.09. The van der Waals surface area contributed by atoms with Crippen molar-refractivity contribution in [2.75, 3.05) is 19.6 Å². The van der Waals surface area contributed by atoms with Crippen LogP contribution in [0.2, 0.25) is 0 Å². The predicted octanol–water partition coefficient (Wildman–Crippen LogP) is 31.0. The Labute approximate surface area is 668 Å². The molecule has 0 aliphatic rings. The quantitative estimate of drug-likeness (QED) is 0.102. The molecule has 0 radical (unpaired) electrons. The van der Waals surface area contributed by atoms with Gasteiger partial charge in [0.2, 0.25) is 0 Å². The van der Waals surface area contributed by atoms with Crippen molar-refractivity contribution in [3.63, 3.8) is 0 Å². The Balaban J connectivity index is 0.000000143. The molecule has 0 aliphatic carbocycles. The van der Waals surface area contributed by atoms with Gasteiger partial charge >= 0.3 is 0 Å². The van der Waals surface area contributed by atoms with Gasteiger partial charge in [0, 0.05) is 143 Å². The maximum atomic E-state index is 2.37. The Hall–Kier alpha value is -14.5. The lowest BCUT2D eigenvalue weighted by molar-refractivity contribution is 1.13. The highest BCUT2D eigenvalue weighted by Gasteiger charge is 2.22. The average molecular weight is 1490 g/mol.